The van der Waals surface area contributed by atoms with Gasteiger partial charge in [-0.05, 0) is 30.1 Å². The first-order valence-electron chi connectivity index (χ1n) is 7.86. The molecule has 1 saturated carbocycles. The number of nitrogens with zero attached hydrogens (tertiary/aromatic N) is 1. The van der Waals surface area contributed by atoms with Gasteiger partial charge in [-0.1, -0.05) is 34.6 Å². The van der Waals surface area contributed by atoms with Gasteiger partial charge in [0, 0.05) is 12.0 Å². The van der Waals surface area contributed by atoms with E-state index in [1.165, 1.54) is 0 Å². The monoisotopic (exact) mass is 282 g/mol. The topological polar surface area (TPSA) is 66.6 Å². The molecule has 3 atom stereocenters. The first kappa shape index (κ1) is 15.8. The zero-order valence-electron chi connectivity index (χ0n) is 13.5. The van der Waals surface area contributed by atoms with Crippen molar-refractivity contribution < 1.29 is 9.90 Å². The number of β-amino-alcohol motifs (C(OH)–C–C–N with tert-alkyl or cyclic N) is 1. The molecule has 2 aliphatic rings. The Morgan fingerprint density at radius 2 is 1.85 bits per heavy atom. The van der Waals surface area contributed by atoms with Crippen LogP contribution in [0.3, 0.4) is 0 Å². The first-order chi connectivity index (χ1) is 9.09. The first-order valence-corrected chi connectivity index (χ1v) is 7.86. The zero-order chi connectivity index (χ0) is 15.3. The third-order valence-corrected chi connectivity index (χ3v) is 6.12. The van der Waals surface area contributed by atoms with Crippen molar-refractivity contribution in [2.75, 3.05) is 13.1 Å². The highest BCUT2D eigenvalue weighted by atomic mass is 16.3. The molecule has 1 saturated heterocycles. The van der Waals surface area contributed by atoms with Crippen molar-refractivity contribution in [1.82, 2.24) is 4.90 Å². The van der Waals surface area contributed by atoms with Gasteiger partial charge in [-0.25, -0.2) is 0 Å². The van der Waals surface area contributed by atoms with Crippen molar-refractivity contribution in [3.8, 4) is 0 Å². The molecule has 0 bridgehead atoms. The Kier molecular flexibility index (Phi) is 3.93. The summed E-state index contributed by atoms with van der Waals surface area (Å²) in [6.45, 7) is 11.5. The van der Waals surface area contributed by atoms with Crippen molar-refractivity contribution in [2.24, 2.45) is 28.9 Å². The van der Waals surface area contributed by atoms with Crippen LogP contribution >= 0.6 is 0 Å². The largest absolute Gasteiger partial charge is 0.386 e. The van der Waals surface area contributed by atoms with E-state index >= 15 is 0 Å². The third kappa shape index (κ3) is 2.37. The third-order valence-electron chi connectivity index (χ3n) is 6.12. The van der Waals surface area contributed by atoms with E-state index in [4.69, 9.17) is 5.73 Å². The molecular weight excluding hydrogens is 252 g/mol. The molecule has 0 aromatic carbocycles. The lowest BCUT2D eigenvalue weighted by Crippen LogP contribution is -2.68. The summed E-state index contributed by atoms with van der Waals surface area (Å²) in [5.41, 5.74) is 5.40. The SMILES string of the molecule is CC(C)C1(O)CN(C(=O)C2CCC(N)C(C)C2(C)C)C1. The second-order valence-electron chi connectivity index (χ2n) is 7.86. The molecule has 0 aromatic heterocycles. The molecule has 0 spiro atoms. The van der Waals surface area contributed by atoms with Crippen LogP contribution in [-0.2, 0) is 4.79 Å². The summed E-state index contributed by atoms with van der Waals surface area (Å²) in [6.07, 6.45) is 1.79. The van der Waals surface area contributed by atoms with E-state index in [0.29, 0.717) is 19.0 Å². The second-order valence-corrected chi connectivity index (χ2v) is 7.86. The minimum absolute atomic E-state index is 0.0361. The zero-order valence-corrected chi connectivity index (χ0v) is 13.5. The van der Waals surface area contributed by atoms with Crippen molar-refractivity contribution in [3.63, 3.8) is 0 Å². The summed E-state index contributed by atoms with van der Waals surface area (Å²) in [5, 5.41) is 10.3. The maximum atomic E-state index is 12.7. The van der Waals surface area contributed by atoms with Crippen LogP contribution in [0, 0.1) is 23.2 Å². The van der Waals surface area contributed by atoms with Crippen LogP contribution in [0.4, 0.5) is 0 Å². The van der Waals surface area contributed by atoms with Gasteiger partial charge in [-0.15, -0.1) is 0 Å². The number of carbonyl (C=O) groups is 1. The minimum Gasteiger partial charge on any atom is -0.386 e. The Labute approximate surface area is 122 Å². The lowest BCUT2D eigenvalue weighted by atomic mass is 9.60. The van der Waals surface area contributed by atoms with Crippen LogP contribution in [0.1, 0.15) is 47.5 Å². The predicted octanol–water partition coefficient (Wildman–Crippen LogP) is 1.62. The lowest BCUT2D eigenvalue weighted by molar-refractivity contribution is -0.174. The smallest absolute Gasteiger partial charge is 0.226 e. The highest BCUT2D eigenvalue weighted by molar-refractivity contribution is 5.81. The Balaban J connectivity index is 2.04. The van der Waals surface area contributed by atoms with E-state index in [1.807, 2.05) is 18.7 Å². The normalized spacial score (nSPS) is 35.8. The van der Waals surface area contributed by atoms with Gasteiger partial charge in [0.1, 0.15) is 5.60 Å². The number of carbonyl (C=O) groups excluding carboxylic acids is 1. The molecule has 116 valence electrons. The molecule has 20 heavy (non-hydrogen) atoms. The van der Waals surface area contributed by atoms with Gasteiger partial charge in [0.2, 0.25) is 5.91 Å². The number of nitrogens with two attached hydrogens (primary N) is 1. The lowest BCUT2D eigenvalue weighted by Gasteiger charge is -2.53. The van der Waals surface area contributed by atoms with E-state index in [2.05, 4.69) is 20.8 Å². The van der Waals surface area contributed by atoms with E-state index in [0.717, 1.165) is 12.8 Å². The van der Waals surface area contributed by atoms with Crippen molar-refractivity contribution in [3.05, 3.63) is 0 Å². The van der Waals surface area contributed by atoms with Gasteiger partial charge >= 0.3 is 0 Å². The Bertz CT molecular complexity index is 386. The molecule has 4 heteroatoms. The minimum atomic E-state index is -0.684. The fourth-order valence-corrected chi connectivity index (χ4v) is 3.65. The molecule has 3 unspecified atom stereocenters. The molecule has 2 fully saturated rings. The Hall–Kier alpha value is -0.610. The number of aliphatic hydroxyl groups is 1. The molecule has 1 aliphatic carbocycles. The summed E-state index contributed by atoms with van der Waals surface area (Å²) >= 11 is 0. The maximum Gasteiger partial charge on any atom is 0.226 e. The van der Waals surface area contributed by atoms with Gasteiger partial charge in [-0.3, -0.25) is 4.79 Å². The number of hydrogen-bond acceptors (Lipinski definition) is 3. The van der Waals surface area contributed by atoms with E-state index in [1.54, 1.807) is 0 Å². The summed E-state index contributed by atoms with van der Waals surface area (Å²) in [7, 11) is 0. The van der Waals surface area contributed by atoms with Crippen LogP contribution in [0.5, 0.6) is 0 Å². The predicted molar refractivity (Wildman–Crippen MR) is 80.0 cm³/mol. The van der Waals surface area contributed by atoms with Crippen molar-refractivity contribution in [2.45, 2.75) is 59.1 Å². The fraction of sp³-hybridized carbons (Fsp3) is 0.938. The van der Waals surface area contributed by atoms with Crippen LogP contribution in [0.25, 0.3) is 0 Å². The highest BCUT2D eigenvalue weighted by Gasteiger charge is 2.51. The molecule has 3 N–H and O–H groups in total. The van der Waals surface area contributed by atoms with Crippen molar-refractivity contribution >= 4 is 5.91 Å². The maximum absolute atomic E-state index is 12.7. The van der Waals surface area contributed by atoms with Crippen LogP contribution in [0.2, 0.25) is 0 Å². The molecule has 1 amide bonds. The van der Waals surface area contributed by atoms with Crippen LogP contribution < -0.4 is 5.73 Å². The molecule has 2 rings (SSSR count). The van der Waals surface area contributed by atoms with E-state index in [-0.39, 0.29) is 29.2 Å². The summed E-state index contributed by atoms with van der Waals surface area (Å²) < 4.78 is 0. The average molecular weight is 282 g/mol. The van der Waals surface area contributed by atoms with Crippen LogP contribution in [-0.4, -0.2) is 40.6 Å². The summed E-state index contributed by atoms with van der Waals surface area (Å²) in [6, 6.07) is 0.193. The van der Waals surface area contributed by atoms with Gasteiger partial charge in [0.15, 0.2) is 0 Å². The quantitative estimate of drug-likeness (QED) is 0.808. The number of likely N-dealkylation sites (tertiary alicyclic amines) is 1. The van der Waals surface area contributed by atoms with Crippen LogP contribution in [0.15, 0.2) is 0 Å². The molecular formula is C16H30N2O2. The fourth-order valence-electron chi connectivity index (χ4n) is 3.65. The van der Waals surface area contributed by atoms with Gasteiger partial charge in [0.05, 0.1) is 13.1 Å². The van der Waals surface area contributed by atoms with Gasteiger partial charge < -0.3 is 15.7 Å². The Morgan fingerprint density at radius 1 is 1.30 bits per heavy atom. The molecule has 1 heterocycles. The van der Waals surface area contributed by atoms with Gasteiger partial charge in [-0.2, -0.15) is 0 Å². The molecule has 4 nitrogen and oxygen atoms in total. The highest BCUT2D eigenvalue weighted by Crippen LogP contribution is 2.46. The van der Waals surface area contributed by atoms with E-state index < -0.39 is 5.60 Å². The molecule has 1 aliphatic heterocycles. The van der Waals surface area contributed by atoms with Gasteiger partial charge in [0.25, 0.3) is 0 Å². The second kappa shape index (κ2) is 4.99. The molecule has 0 aromatic rings. The van der Waals surface area contributed by atoms with Crippen molar-refractivity contribution in [1.29, 1.82) is 0 Å². The Morgan fingerprint density at radius 3 is 2.35 bits per heavy atom. The molecule has 0 radical (unpaired) electrons. The number of rotatable bonds is 2. The average Bonchev–Trinajstić information content (AvgIpc) is 2.31. The summed E-state index contributed by atoms with van der Waals surface area (Å²) in [5.74, 6) is 0.779. The number of hydrogen-bond donors (Lipinski definition) is 2. The van der Waals surface area contributed by atoms with E-state index in [9.17, 15) is 9.90 Å². The summed E-state index contributed by atoms with van der Waals surface area (Å²) in [4.78, 5) is 14.6. The standard InChI is InChI=1S/C16H30N2O2/c1-10(2)16(20)8-18(9-16)14(19)12-6-7-13(17)11(3)15(12,4)5/h10-13,20H,6-9,17H2,1-5H3. The number of amides is 1.